The molecule has 0 aliphatic heterocycles. The number of rotatable bonds is 7. The fourth-order valence-electron chi connectivity index (χ4n) is 2.22. The summed E-state index contributed by atoms with van der Waals surface area (Å²) in [6.07, 6.45) is 1.52. The molecule has 0 unspecified atom stereocenters. The van der Waals surface area contributed by atoms with Crippen LogP contribution in [-0.4, -0.2) is 44.2 Å². The standard InChI is InChI=1S/C15H14Cl3N5O2S2/c1-22-12(8-23-9-19-13(17)14(23)18)20-21-15(22)26-6-7-27(24,25)11-4-2-10(16)3-5-11/h2-5,9H,6-8H2,1H3. The Balaban J connectivity index is 1.63. The molecule has 0 radical (unpaired) electrons. The van der Waals surface area contributed by atoms with Crippen molar-refractivity contribution in [2.45, 2.75) is 16.6 Å². The van der Waals surface area contributed by atoms with Gasteiger partial charge in [-0.15, -0.1) is 10.2 Å². The third-order valence-electron chi connectivity index (χ3n) is 3.73. The Labute approximate surface area is 175 Å². The van der Waals surface area contributed by atoms with Gasteiger partial charge in [0.1, 0.15) is 5.15 Å². The van der Waals surface area contributed by atoms with Gasteiger partial charge in [0.05, 0.1) is 23.5 Å². The summed E-state index contributed by atoms with van der Waals surface area (Å²) in [5.74, 6) is 0.966. The molecule has 0 N–H and O–H groups in total. The van der Waals surface area contributed by atoms with E-state index in [0.29, 0.717) is 33.5 Å². The van der Waals surface area contributed by atoms with Gasteiger partial charge in [0.2, 0.25) is 0 Å². The lowest BCUT2D eigenvalue weighted by Gasteiger charge is -2.06. The highest BCUT2D eigenvalue weighted by Crippen LogP contribution is 2.22. The molecule has 7 nitrogen and oxygen atoms in total. The topological polar surface area (TPSA) is 82.7 Å². The lowest BCUT2D eigenvalue weighted by molar-refractivity contribution is 0.597. The first-order valence-corrected chi connectivity index (χ1v) is 11.4. The van der Waals surface area contributed by atoms with Crippen LogP contribution in [0.5, 0.6) is 0 Å². The highest BCUT2D eigenvalue weighted by Gasteiger charge is 2.17. The zero-order valence-electron chi connectivity index (χ0n) is 14.0. The van der Waals surface area contributed by atoms with E-state index in [1.807, 2.05) is 0 Å². The lowest BCUT2D eigenvalue weighted by Crippen LogP contribution is -2.10. The average molecular weight is 467 g/mol. The molecule has 27 heavy (non-hydrogen) atoms. The number of hydrogen-bond donors (Lipinski definition) is 0. The van der Waals surface area contributed by atoms with Crippen molar-refractivity contribution >= 4 is 56.4 Å². The number of sulfone groups is 1. The highest BCUT2D eigenvalue weighted by atomic mass is 35.5. The van der Waals surface area contributed by atoms with E-state index in [0.717, 1.165) is 0 Å². The van der Waals surface area contributed by atoms with Gasteiger partial charge < -0.3 is 9.13 Å². The van der Waals surface area contributed by atoms with E-state index in [1.54, 1.807) is 28.3 Å². The predicted molar refractivity (Wildman–Crippen MR) is 107 cm³/mol. The number of nitrogens with zero attached hydrogens (tertiary/aromatic N) is 5. The number of thioether (sulfide) groups is 1. The van der Waals surface area contributed by atoms with Crippen LogP contribution in [0.2, 0.25) is 15.3 Å². The fraction of sp³-hybridized carbons (Fsp3) is 0.267. The molecule has 0 aliphatic rings. The van der Waals surface area contributed by atoms with Crippen LogP contribution in [0.25, 0.3) is 0 Å². The molecule has 3 aromatic rings. The quantitative estimate of drug-likeness (QED) is 0.495. The molecular weight excluding hydrogens is 453 g/mol. The van der Waals surface area contributed by atoms with Crippen molar-refractivity contribution in [2.24, 2.45) is 7.05 Å². The number of hydrogen-bond acceptors (Lipinski definition) is 6. The molecule has 0 bridgehead atoms. The second-order valence-corrected chi connectivity index (χ2v) is 9.86. The monoisotopic (exact) mass is 465 g/mol. The van der Waals surface area contributed by atoms with Crippen LogP contribution in [0, 0.1) is 0 Å². The first-order valence-electron chi connectivity index (χ1n) is 7.63. The van der Waals surface area contributed by atoms with Crippen molar-refractivity contribution in [2.75, 3.05) is 11.5 Å². The Morgan fingerprint density at radius 2 is 1.81 bits per heavy atom. The van der Waals surface area contributed by atoms with Crippen molar-refractivity contribution in [1.29, 1.82) is 0 Å². The molecule has 2 heterocycles. The van der Waals surface area contributed by atoms with Crippen molar-refractivity contribution in [3.05, 3.63) is 51.7 Å². The van der Waals surface area contributed by atoms with Crippen LogP contribution in [0.3, 0.4) is 0 Å². The second kappa shape index (κ2) is 8.40. The summed E-state index contributed by atoms with van der Waals surface area (Å²) in [4.78, 5) is 4.17. The van der Waals surface area contributed by atoms with Gasteiger partial charge in [-0.1, -0.05) is 46.6 Å². The minimum absolute atomic E-state index is 0.0234. The minimum atomic E-state index is -3.39. The van der Waals surface area contributed by atoms with E-state index in [2.05, 4.69) is 15.2 Å². The van der Waals surface area contributed by atoms with Crippen molar-refractivity contribution in [3.63, 3.8) is 0 Å². The lowest BCUT2D eigenvalue weighted by atomic mass is 10.4. The minimum Gasteiger partial charge on any atom is -0.313 e. The predicted octanol–water partition coefficient (Wildman–Crippen LogP) is 3.59. The maximum absolute atomic E-state index is 12.4. The second-order valence-electron chi connectivity index (χ2n) is 5.53. The maximum atomic E-state index is 12.4. The zero-order valence-corrected chi connectivity index (χ0v) is 17.9. The summed E-state index contributed by atoms with van der Waals surface area (Å²) < 4.78 is 28.2. The normalized spacial score (nSPS) is 11.9. The summed E-state index contributed by atoms with van der Waals surface area (Å²) >= 11 is 19.0. The molecule has 0 atom stereocenters. The molecule has 0 amide bonds. The molecule has 0 saturated heterocycles. The Hall–Kier alpha value is -1.26. The van der Waals surface area contributed by atoms with E-state index < -0.39 is 9.84 Å². The largest absolute Gasteiger partial charge is 0.313 e. The molecule has 1 aromatic carbocycles. The first-order chi connectivity index (χ1) is 12.8. The Morgan fingerprint density at radius 3 is 2.44 bits per heavy atom. The van der Waals surface area contributed by atoms with Crippen LogP contribution < -0.4 is 0 Å². The van der Waals surface area contributed by atoms with Crippen LogP contribution in [0.4, 0.5) is 0 Å². The number of halogens is 3. The molecule has 12 heteroatoms. The summed E-state index contributed by atoms with van der Waals surface area (Å²) in [6, 6.07) is 6.12. The van der Waals surface area contributed by atoms with Gasteiger partial charge >= 0.3 is 0 Å². The zero-order chi connectivity index (χ0) is 19.6. The summed E-state index contributed by atoms with van der Waals surface area (Å²) in [5, 5.41) is 9.88. The van der Waals surface area contributed by atoms with Crippen LogP contribution in [0.15, 0.2) is 40.6 Å². The van der Waals surface area contributed by atoms with Crippen LogP contribution >= 0.6 is 46.6 Å². The number of benzene rings is 1. The number of aromatic nitrogens is 5. The maximum Gasteiger partial charge on any atom is 0.191 e. The van der Waals surface area contributed by atoms with Gasteiger partial charge in [-0.25, -0.2) is 13.4 Å². The van der Waals surface area contributed by atoms with Crippen molar-refractivity contribution in [3.8, 4) is 0 Å². The molecule has 0 aliphatic carbocycles. The molecule has 2 aromatic heterocycles. The molecule has 0 saturated carbocycles. The van der Waals surface area contributed by atoms with Crippen molar-refractivity contribution in [1.82, 2.24) is 24.3 Å². The summed E-state index contributed by atoms with van der Waals surface area (Å²) in [7, 11) is -1.58. The van der Waals surface area contributed by atoms with Crippen LogP contribution in [0.1, 0.15) is 5.82 Å². The van der Waals surface area contributed by atoms with E-state index >= 15 is 0 Å². The van der Waals surface area contributed by atoms with Crippen LogP contribution in [-0.2, 0) is 23.4 Å². The number of imidazole rings is 1. The smallest absolute Gasteiger partial charge is 0.191 e. The van der Waals surface area contributed by atoms with Gasteiger partial charge in [0.15, 0.2) is 26.0 Å². The first kappa shape index (κ1) is 20.5. The van der Waals surface area contributed by atoms with Gasteiger partial charge in [0.25, 0.3) is 0 Å². The summed E-state index contributed by atoms with van der Waals surface area (Å²) in [5.41, 5.74) is 0. The Morgan fingerprint density at radius 1 is 1.11 bits per heavy atom. The highest BCUT2D eigenvalue weighted by molar-refractivity contribution is 8.00. The molecule has 0 fully saturated rings. The van der Waals surface area contributed by atoms with E-state index in [1.165, 1.54) is 30.2 Å². The summed E-state index contributed by atoms with van der Waals surface area (Å²) in [6.45, 7) is 0.353. The Bertz CT molecular complexity index is 1050. The van der Waals surface area contributed by atoms with Crippen molar-refractivity contribution < 1.29 is 8.42 Å². The van der Waals surface area contributed by atoms with Gasteiger partial charge in [0, 0.05) is 17.8 Å². The van der Waals surface area contributed by atoms with Gasteiger partial charge in [-0.2, -0.15) is 0 Å². The third kappa shape index (κ3) is 4.78. The van der Waals surface area contributed by atoms with E-state index in [-0.39, 0.29) is 15.8 Å². The average Bonchev–Trinajstić information content (AvgIpc) is 3.13. The fourth-order valence-corrected chi connectivity index (χ4v) is 5.22. The van der Waals surface area contributed by atoms with Gasteiger partial charge in [-0.3, -0.25) is 0 Å². The van der Waals surface area contributed by atoms with E-state index in [4.69, 9.17) is 34.8 Å². The Kier molecular flexibility index (Phi) is 6.37. The van der Waals surface area contributed by atoms with E-state index in [9.17, 15) is 8.42 Å². The molecule has 0 spiro atoms. The molecule has 144 valence electrons. The molecule has 3 rings (SSSR count). The molecular formula is C15H14Cl3N5O2S2. The van der Waals surface area contributed by atoms with Gasteiger partial charge in [-0.05, 0) is 24.3 Å². The third-order valence-corrected chi connectivity index (χ3v) is 7.76. The SMILES string of the molecule is Cn1c(Cn2cnc(Cl)c2Cl)nnc1SCCS(=O)(=O)c1ccc(Cl)cc1.